The number of hydrogen-bond acceptors (Lipinski definition) is 6. The molecule has 100 valence electrons. The second-order valence-corrected chi connectivity index (χ2v) is 6.14. The Kier molecular flexibility index (Phi) is 3.76. The number of aromatic nitrogens is 2. The Bertz CT molecular complexity index is 584. The summed E-state index contributed by atoms with van der Waals surface area (Å²) in [4.78, 5) is 4.40. The maximum absolute atomic E-state index is 5.78. The molecular formula is C12H12BrN3O2S. The Morgan fingerprint density at radius 1 is 1.42 bits per heavy atom. The molecule has 0 bridgehead atoms. The van der Waals surface area contributed by atoms with Crippen molar-refractivity contribution in [2.75, 3.05) is 23.8 Å². The summed E-state index contributed by atoms with van der Waals surface area (Å²) in [5, 5.41) is 4.00. The first-order valence-electron chi connectivity index (χ1n) is 5.82. The fraction of sp³-hybridized carbons (Fsp3) is 0.333. The van der Waals surface area contributed by atoms with E-state index in [4.69, 9.17) is 15.0 Å². The van der Waals surface area contributed by atoms with E-state index in [-0.39, 0.29) is 6.10 Å². The first kappa shape index (κ1) is 13.0. The summed E-state index contributed by atoms with van der Waals surface area (Å²) in [5.74, 6) is 2.92. The van der Waals surface area contributed by atoms with Gasteiger partial charge in [-0.15, -0.1) is 0 Å². The Hall–Kier alpha value is -1.05. The Balaban J connectivity index is 1.89. The number of nitrogens with zero attached hydrogens (tertiary/aromatic N) is 2. The molecule has 1 aromatic carbocycles. The van der Waals surface area contributed by atoms with Crippen LogP contribution in [0.5, 0.6) is 0 Å². The molecule has 1 aliphatic heterocycles. The summed E-state index contributed by atoms with van der Waals surface area (Å²) < 4.78 is 11.8. The number of nitrogen functional groups attached to an aromatic ring is 1. The van der Waals surface area contributed by atoms with Gasteiger partial charge < -0.3 is 15.0 Å². The van der Waals surface area contributed by atoms with Crippen LogP contribution in [0.2, 0.25) is 0 Å². The fourth-order valence-electron chi connectivity index (χ4n) is 1.82. The molecule has 1 unspecified atom stereocenters. The number of halogens is 1. The minimum atomic E-state index is -0.0870. The van der Waals surface area contributed by atoms with Gasteiger partial charge in [0.25, 0.3) is 5.89 Å². The summed E-state index contributed by atoms with van der Waals surface area (Å²) in [6.45, 7) is 0.723. The lowest BCUT2D eigenvalue weighted by atomic mass is 10.2. The van der Waals surface area contributed by atoms with Crippen molar-refractivity contribution in [3.63, 3.8) is 0 Å². The van der Waals surface area contributed by atoms with E-state index in [1.807, 2.05) is 23.9 Å². The Morgan fingerprint density at radius 3 is 3.11 bits per heavy atom. The summed E-state index contributed by atoms with van der Waals surface area (Å²) in [6, 6.07) is 5.48. The summed E-state index contributed by atoms with van der Waals surface area (Å²) in [7, 11) is 0. The molecule has 0 amide bonds. The van der Waals surface area contributed by atoms with Crippen LogP contribution in [0.3, 0.4) is 0 Å². The van der Waals surface area contributed by atoms with Gasteiger partial charge in [0.1, 0.15) is 6.10 Å². The average molecular weight is 342 g/mol. The van der Waals surface area contributed by atoms with Gasteiger partial charge in [0.2, 0.25) is 5.82 Å². The van der Waals surface area contributed by atoms with E-state index < -0.39 is 0 Å². The molecule has 1 aliphatic rings. The Morgan fingerprint density at radius 2 is 2.32 bits per heavy atom. The smallest absolute Gasteiger partial charge is 0.259 e. The van der Waals surface area contributed by atoms with Gasteiger partial charge in [-0.3, -0.25) is 0 Å². The predicted molar refractivity (Wildman–Crippen MR) is 77.9 cm³/mol. The van der Waals surface area contributed by atoms with E-state index in [1.54, 1.807) is 6.07 Å². The monoisotopic (exact) mass is 341 g/mol. The van der Waals surface area contributed by atoms with Crippen molar-refractivity contribution in [1.29, 1.82) is 0 Å². The molecule has 7 heteroatoms. The number of benzene rings is 1. The minimum Gasteiger partial charge on any atom is -0.399 e. The number of anilines is 1. The maximum Gasteiger partial charge on any atom is 0.259 e. The van der Waals surface area contributed by atoms with Crippen molar-refractivity contribution in [3.8, 4) is 11.5 Å². The van der Waals surface area contributed by atoms with Gasteiger partial charge in [-0.2, -0.15) is 16.7 Å². The zero-order valence-electron chi connectivity index (χ0n) is 10.0. The molecule has 0 radical (unpaired) electrons. The second-order valence-electron chi connectivity index (χ2n) is 4.13. The number of hydrogen-bond donors (Lipinski definition) is 1. The lowest BCUT2D eigenvalue weighted by molar-refractivity contribution is 0.0677. The van der Waals surface area contributed by atoms with Crippen molar-refractivity contribution >= 4 is 33.4 Å². The zero-order valence-corrected chi connectivity index (χ0v) is 12.4. The van der Waals surface area contributed by atoms with E-state index in [0.29, 0.717) is 17.4 Å². The van der Waals surface area contributed by atoms with Crippen LogP contribution in [0.4, 0.5) is 5.69 Å². The lowest BCUT2D eigenvalue weighted by Gasteiger charge is -2.18. The first-order valence-corrected chi connectivity index (χ1v) is 7.77. The van der Waals surface area contributed by atoms with Crippen LogP contribution in [0.25, 0.3) is 11.5 Å². The molecule has 3 rings (SSSR count). The molecule has 2 N–H and O–H groups in total. The van der Waals surface area contributed by atoms with Gasteiger partial charge in [0.15, 0.2) is 0 Å². The zero-order chi connectivity index (χ0) is 13.2. The van der Waals surface area contributed by atoms with Crippen LogP contribution in [-0.4, -0.2) is 28.3 Å². The van der Waals surface area contributed by atoms with Crippen LogP contribution < -0.4 is 5.73 Å². The normalized spacial score (nSPS) is 19.5. The Labute approximate surface area is 123 Å². The predicted octanol–water partition coefficient (Wildman–Crippen LogP) is 2.89. The highest BCUT2D eigenvalue weighted by molar-refractivity contribution is 9.10. The number of ether oxygens (including phenoxy) is 1. The quantitative estimate of drug-likeness (QED) is 0.846. The highest BCUT2D eigenvalue weighted by atomic mass is 79.9. The fourth-order valence-corrected chi connectivity index (χ4v) is 3.08. The molecule has 5 nitrogen and oxygen atoms in total. The van der Waals surface area contributed by atoms with E-state index >= 15 is 0 Å². The SMILES string of the molecule is Nc1ccc(Br)c(-c2nc(C3CSCCO3)no2)c1. The van der Waals surface area contributed by atoms with Crippen molar-refractivity contribution in [2.24, 2.45) is 0 Å². The summed E-state index contributed by atoms with van der Waals surface area (Å²) in [6.07, 6.45) is -0.0870. The first-order chi connectivity index (χ1) is 9.24. The average Bonchev–Trinajstić information content (AvgIpc) is 2.92. The van der Waals surface area contributed by atoms with Gasteiger partial charge in [-0.05, 0) is 34.1 Å². The molecule has 0 aliphatic carbocycles. The largest absolute Gasteiger partial charge is 0.399 e. The van der Waals surface area contributed by atoms with Crippen molar-refractivity contribution in [1.82, 2.24) is 10.1 Å². The standard InChI is InChI=1S/C12H12BrN3O2S/c13-9-2-1-7(14)5-8(9)12-15-11(16-18-12)10-6-19-4-3-17-10/h1-2,5,10H,3-4,6,14H2. The van der Waals surface area contributed by atoms with Crippen LogP contribution >= 0.6 is 27.7 Å². The van der Waals surface area contributed by atoms with Gasteiger partial charge in [-0.25, -0.2) is 0 Å². The van der Waals surface area contributed by atoms with Gasteiger partial charge in [-0.1, -0.05) is 5.16 Å². The number of nitrogens with two attached hydrogens (primary N) is 1. The number of thioether (sulfide) groups is 1. The third-order valence-corrected chi connectivity index (χ3v) is 4.45. The lowest BCUT2D eigenvalue weighted by Crippen LogP contribution is -2.16. The maximum atomic E-state index is 5.78. The molecule has 0 spiro atoms. The van der Waals surface area contributed by atoms with Crippen molar-refractivity contribution in [2.45, 2.75) is 6.10 Å². The van der Waals surface area contributed by atoms with Gasteiger partial charge >= 0.3 is 0 Å². The molecule has 1 atom stereocenters. The minimum absolute atomic E-state index is 0.0870. The molecule has 0 saturated carbocycles. The topological polar surface area (TPSA) is 74.2 Å². The van der Waals surface area contributed by atoms with Gasteiger partial charge in [0, 0.05) is 21.7 Å². The van der Waals surface area contributed by atoms with Crippen LogP contribution in [-0.2, 0) is 4.74 Å². The van der Waals surface area contributed by atoms with Crippen LogP contribution in [0.15, 0.2) is 27.2 Å². The van der Waals surface area contributed by atoms with E-state index in [9.17, 15) is 0 Å². The molecule has 1 saturated heterocycles. The molecule has 19 heavy (non-hydrogen) atoms. The second kappa shape index (κ2) is 5.52. The number of rotatable bonds is 2. The molecular weight excluding hydrogens is 330 g/mol. The van der Waals surface area contributed by atoms with E-state index in [1.165, 1.54) is 0 Å². The molecule has 1 aromatic heterocycles. The van der Waals surface area contributed by atoms with E-state index in [2.05, 4.69) is 26.1 Å². The van der Waals surface area contributed by atoms with Crippen molar-refractivity contribution < 1.29 is 9.26 Å². The van der Waals surface area contributed by atoms with Crippen LogP contribution in [0.1, 0.15) is 11.9 Å². The van der Waals surface area contributed by atoms with Gasteiger partial charge in [0.05, 0.1) is 12.2 Å². The molecule has 2 aromatic rings. The third kappa shape index (κ3) is 2.77. The van der Waals surface area contributed by atoms with Crippen molar-refractivity contribution in [3.05, 3.63) is 28.5 Å². The highest BCUT2D eigenvalue weighted by Crippen LogP contribution is 2.31. The summed E-state index contributed by atoms with van der Waals surface area (Å²) >= 11 is 5.29. The highest BCUT2D eigenvalue weighted by Gasteiger charge is 2.23. The van der Waals surface area contributed by atoms with Crippen LogP contribution in [0, 0.1) is 0 Å². The third-order valence-electron chi connectivity index (χ3n) is 2.77. The molecule has 1 fully saturated rings. The molecule has 2 heterocycles. The summed E-state index contributed by atoms with van der Waals surface area (Å²) in [5.41, 5.74) is 7.22. The van der Waals surface area contributed by atoms with E-state index in [0.717, 1.165) is 28.1 Å².